The number of aromatic amines is 1. The molecule has 1 aromatic heterocycles. The summed E-state index contributed by atoms with van der Waals surface area (Å²) in [5.74, 6) is 2.23. The molecule has 4 aliphatic carbocycles. The standard InChI is InChI=1S/C37H57N3O5/c1-23(2)7-6-8-24(3)29-11-12-30-28-10-9-25-19-26(15-17-36(25,4)31(28)16-18-37(29,30)5)40-32(20-27-21-38-22-39-27)35(44)45-34(43)14-13-33(41)42/h9,21-24,26,28-32,40H,6-8,10-20H2,1-5H3,(H,38,39)(H,41,42)/t24-,26?,28?,29-,30?,31?,32+,36+,37-/m1/s1. The van der Waals surface area contributed by atoms with Crippen LogP contribution in [0.3, 0.4) is 0 Å². The largest absolute Gasteiger partial charge is 0.481 e. The Bertz CT molecular complexity index is 1230. The molecule has 5 rings (SSSR count). The van der Waals surface area contributed by atoms with Gasteiger partial charge in [-0.25, -0.2) is 9.78 Å². The first-order valence-electron chi connectivity index (χ1n) is 17.8. The molecule has 3 fully saturated rings. The average molecular weight is 624 g/mol. The van der Waals surface area contributed by atoms with E-state index < -0.39 is 23.9 Å². The van der Waals surface area contributed by atoms with Crippen molar-refractivity contribution in [1.82, 2.24) is 15.3 Å². The third kappa shape index (κ3) is 7.41. The Morgan fingerprint density at radius 1 is 1.07 bits per heavy atom. The monoisotopic (exact) mass is 623 g/mol. The fraction of sp³-hybridized carbons (Fsp3) is 0.784. The summed E-state index contributed by atoms with van der Waals surface area (Å²) in [6.07, 6.45) is 19.1. The molecule has 0 radical (unpaired) electrons. The number of imidazole rings is 1. The van der Waals surface area contributed by atoms with Crippen LogP contribution in [0.25, 0.3) is 0 Å². The third-order valence-electron chi connectivity index (χ3n) is 12.8. The molecule has 4 unspecified atom stereocenters. The lowest BCUT2D eigenvalue weighted by molar-refractivity contribution is -0.162. The molecule has 0 amide bonds. The molecular formula is C37H57N3O5. The first-order valence-corrected chi connectivity index (χ1v) is 17.8. The van der Waals surface area contributed by atoms with Crippen molar-refractivity contribution >= 4 is 17.9 Å². The highest BCUT2D eigenvalue weighted by molar-refractivity contribution is 5.89. The van der Waals surface area contributed by atoms with Crippen molar-refractivity contribution in [3.8, 4) is 0 Å². The molecule has 4 aliphatic rings. The average Bonchev–Trinajstić information content (AvgIpc) is 3.63. The van der Waals surface area contributed by atoms with Gasteiger partial charge in [-0.3, -0.25) is 9.59 Å². The van der Waals surface area contributed by atoms with Crippen LogP contribution in [0.1, 0.15) is 124 Å². The number of carboxylic acid groups (broad SMARTS) is 1. The molecule has 1 heterocycles. The molecule has 0 aromatic carbocycles. The van der Waals surface area contributed by atoms with Crippen LogP contribution in [0.5, 0.6) is 0 Å². The minimum Gasteiger partial charge on any atom is -0.481 e. The molecule has 8 nitrogen and oxygen atoms in total. The lowest BCUT2D eigenvalue weighted by Gasteiger charge is -2.58. The number of hydrogen-bond donors (Lipinski definition) is 3. The summed E-state index contributed by atoms with van der Waals surface area (Å²) in [6, 6.07) is -0.620. The number of carbonyl (C=O) groups excluding carboxylic acids is 2. The second-order valence-electron chi connectivity index (χ2n) is 15.9. The summed E-state index contributed by atoms with van der Waals surface area (Å²) in [5, 5.41) is 12.4. The summed E-state index contributed by atoms with van der Waals surface area (Å²) in [6.45, 7) is 12.4. The van der Waals surface area contributed by atoms with Gasteiger partial charge in [0.15, 0.2) is 0 Å². The van der Waals surface area contributed by atoms with E-state index in [9.17, 15) is 14.4 Å². The maximum absolute atomic E-state index is 13.1. The van der Waals surface area contributed by atoms with E-state index in [4.69, 9.17) is 9.84 Å². The quantitative estimate of drug-likeness (QED) is 0.120. The number of H-pyrrole nitrogens is 1. The minimum atomic E-state index is -1.10. The normalized spacial score (nSPS) is 33.8. The van der Waals surface area contributed by atoms with Crippen LogP contribution in [-0.2, 0) is 25.5 Å². The molecule has 0 bridgehead atoms. The third-order valence-corrected chi connectivity index (χ3v) is 12.8. The van der Waals surface area contributed by atoms with E-state index >= 15 is 0 Å². The smallest absolute Gasteiger partial charge is 0.331 e. The maximum atomic E-state index is 13.1. The molecule has 8 heteroatoms. The molecule has 3 N–H and O–H groups in total. The van der Waals surface area contributed by atoms with Crippen molar-refractivity contribution in [2.45, 2.75) is 137 Å². The van der Waals surface area contributed by atoms with Crippen LogP contribution in [0, 0.1) is 46.3 Å². The lowest BCUT2D eigenvalue weighted by atomic mass is 9.47. The van der Waals surface area contributed by atoms with Crippen LogP contribution >= 0.6 is 0 Å². The highest BCUT2D eigenvalue weighted by Crippen LogP contribution is 2.67. The highest BCUT2D eigenvalue weighted by Gasteiger charge is 2.59. The molecule has 250 valence electrons. The van der Waals surface area contributed by atoms with Gasteiger partial charge in [0, 0.05) is 24.4 Å². The minimum absolute atomic E-state index is 0.104. The van der Waals surface area contributed by atoms with Crippen molar-refractivity contribution in [1.29, 1.82) is 0 Å². The van der Waals surface area contributed by atoms with Gasteiger partial charge >= 0.3 is 17.9 Å². The van der Waals surface area contributed by atoms with Crippen molar-refractivity contribution in [3.05, 3.63) is 29.9 Å². The van der Waals surface area contributed by atoms with Crippen molar-refractivity contribution in [3.63, 3.8) is 0 Å². The zero-order valence-electron chi connectivity index (χ0n) is 28.3. The number of esters is 2. The highest BCUT2D eigenvalue weighted by atomic mass is 16.6. The van der Waals surface area contributed by atoms with Crippen LogP contribution < -0.4 is 5.32 Å². The fourth-order valence-corrected chi connectivity index (χ4v) is 10.4. The summed E-state index contributed by atoms with van der Waals surface area (Å²) in [5.41, 5.74) is 2.99. The van der Waals surface area contributed by atoms with E-state index in [1.807, 2.05) is 0 Å². The van der Waals surface area contributed by atoms with E-state index in [1.165, 1.54) is 51.4 Å². The number of nitrogens with one attached hydrogen (secondary N) is 2. The first kappa shape index (κ1) is 33.9. The number of allylic oxidation sites excluding steroid dienone is 1. The van der Waals surface area contributed by atoms with E-state index in [1.54, 1.807) is 18.1 Å². The summed E-state index contributed by atoms with van der Waals surface area (Å²) >= 11 is 0. The van der Waals surface area contributed by atoms with Gasteiger partial charge in [0.1, 0.15) is 6.04 Å². The number of carbonyl (C=O) groups is 3. The summed E-state index contributed by atoms with van der Waals surface area (Å²) < 4.78 is 5.10. The molecule has 9 atom stereocenters. The fourth-order valence-electron chi connectivity index (χ4n) is 10.4. The van der Waals surface area contributed by atoms with E-state index in [0.717, 1.165) is 60.5 Å². The van der Waals surface area contributed by atoms with Crippen molar-refractivity contribution in [2.75, 3.05) is 0 Å². The van der Waals surface area contributed by atoms with E-state index in [2.05, 4.69) is 56.0 Å². The van der Waals surface area contributed by atoms with Gasteiger partial charge in [0.2, 0.25) is 0 Å². The van der Waals surface area contributed by atoms with E-state index in [0.29, 0.717) is 11.8 Å². The Morgan fingerprint density at radius 3 is 2.58 bits per heavy atom. The topological polar surface area (TPSA) is 121 Å². The van der Waals surface area contributed by atoms with Gasteiger partial charge in [0.25, 0.3) is 0 Å². The Labute approximate surface area is 269 Å². The number of carboxylic acids is 1. The van der Waals surface area contributed by atoms with Gasteiger partial charge in [0.05, 0.1) is 19.2 Å². The van der Waals surface area contributed by atoms with Gasteiger partial charge in [-0.05, 0) is 97.7 Å². The second-order valence-corrected chi connectivity index (χ2v) is 15.9. The van der Waals surface area contributed by atoms with Crippen LogP contribution in [-0.4, -0.2) is 45.1 Å². The van der Waals surface area contributed by atoms with Crippen LogP contribution in [0.2, 0.25) is 0 Å². The molecule has 0 aliphatic heterocycles. The van der Waals surface area contributed by atoms with Crippen molar-refractivity contribution in [2.24, 2.45) is 46.3 Å². The molecular weight excluding hydrogens is 566 g/mol. The molecule has 3 saturated carbocycles. The Kier molecular flexibility index (Phi) is 10.6. The predicted octanol–water partition coefficient (Wildman–Crippen LogP) is 7.26. The number of hydrogen-bond acceptors (Lipinski definition) is 6. The van der Waals surface area contributed by atoms with E-state index in [-0.39, 0.29) is 24.3 Å². The van der Waals surface area contributed by atoms with Gasteiger partial charge in [-0.15, -0.1) is 0 Å². The van der Waals surface area contributed by atoms with Crippen LogP contribution in [0.15, 0.2) is 24.2 Å². The number of aromatic nitrogens is 2. The number of fused-ring (bicyclic) bond motifs is 5. The zero-order chi connectivity index (χ0) is 32.4. The van der Waals surface area contributed by atoms with Crippen molar-refractivity contribution < 1.29 is 24.2 Å². The molecule has 0 saturated heterocycles. The van der Waals surface area contributed by atoms with Gasteiger partial charge in [-0.1, -0.05) is 65.5 Å². The molecule has 45 heavy (non-hydrogen) atoms. The first-order chi connectivity index (χ1) is 21.4. The van der Waals surface area contributed by atoms with Gasteiger partial charge in [-0.2, -0.15) is 0 Å². The second kappa shape index (κ2) is 14.1. The zero-order valence-corrected chi connectivity index (χ0v) is 28.3. The Hall–Kier alpha value is -2.48. The van der Waals surface area contributed by atoms with Crippen LogP contribution in [0.4, 0.5) is 0 Å². The SMILES string of the molecule is CC(C)CCC[C@@H](C)[C@H]1CCC2C3CC=C4CC(N[C@@H](Cc5cnc[nH]5)C(=O)OC(=O)CCC(=O)O)CC[C@]4(C)C3CC[C@@]21C. The number of nitrogens with zero attached hydrogens (tertiary/aromatic N) is 1. The Morgan fingerprint density at radius 2 is 1.87 bits per heavy atom. The maximum Gasteiger partial charge on any atom is 0.331 e. The number of rotatable bonds is 13. The van der Waals surface area contributed by atoms with Gasteiger partial charge < -0.3 is 20.1 Å². The predicted molar refractivity (Wildman–Crippen MR) is 174 cm³/mol. The number of ether oxygens (including phenoxy) is 1. The molecule has 0 spiro atoms. The molecule has 1 aromatic rings. The lowest BCUT2D eigenvalue weighted by Crippen LogP contribution is -2.53. The summed E-state index contributed by atoms with van der Waals surface area (Å²) in [7, 11) is 0. The summed E-state index contributed by atoms with van der Waals surface area (Å²) in [4.78, 5) is 43.3. The Balaban J connectivity index is 1.24. The number of aliphatic carboxylic acids is 1.